The number of quaternary nitrogens is 1. The number of hydrogen-bond donors (Lipinski definition) is 1. The first-order chi connectivity index (χ1) is 13.2. The lowest BCUT2D eigenvalue weighted by molar-refractivity contribution is -0.911. The number of alkyl halides is 1. The molecule has 154 valence electrons. The number of aliphatic carboxylic acids is 1. The van der Waals surface area contributed by atoms with Crippen LogP contribution >= 0.6 is 27.7 Å². The average molecular weight is 474 g/mol. The topological polar surface area (TPSA) is 98.8 Å². The maximum atomic E-state index is 12.5. The molecule has 0 aromatic carbocycles. The van der Waals surface area contributed by atoms with Crippen molar-refractivity contribution < 1.29 is 28.7 Å². The molecule has 0 radical (unpaired) electrons. The van der Waals surface area contributed by atoms with E-state index in [1.807, 2.05) is 6.08 Å². The highest BCUT2D eigenvalue weighted by Crippen LogP contribution is 2.40. The van der Waals surface area contributed by atoms with Crippen molar-refractivity contribution in [2.75, 3.05) is 45.6 Å². The summed E-state index contributed by atoms with van der Waals surface area (Å²) in [6, 6.07) is -0.713. The van der Waals surface area contributed by atoms with E-state index in [0.717, 1.165) is 37.3 Å². The van der Waals surface area contributed by atoms with Crippen LogP contribution in [-0.4, -0.2) is 89.1 Å². The number of fused-ring (bicyclic) bond motifs is 1. The number of hydrogen-bond acceptors (Lipinski definition) is 6. The lowest BCUT2D eigenvalue weighted by Crippen LogP contribution is -2.71. The van der Waals surface area contributed by atoms with Gasteiger partial charge in [0.1, 0.15) is 24.5 Å². The van der Waals surface area contributed by atoms with E-state index in [1.165, 1.54) is 16.7 Å². The molecule has 3 rings (SSSR count). The van der Waals surface area contributed by atoms with Gasteiger partial charge in [0.05, 0.1) is 43.3 Å². The minimum atomic E-state index is -1.37. The molecule has 2 fully saturated rings. The van der Waals surface area contributed by atoms with Crippen molar-refractivity contribution in [2.24, 2.45) is 0 Å². The number of ether oxygens (including phenoxy) is 1. The van der Waals surface area contributed by atoms with Crippen LogP contribution in [0.1, 0.15) is 6.92 Å². The molecule has 3 heterocycles. The Morgan fingerprint density at radius 1 is 1.46 bits per heavy atom. The number of carbonyl (C=O) groups is 3. The number of likely N-dealkylation sites (N-methyl/N-ethyl adjacent to an activating group) is 1. The first-order valence-electron chi connectivity index (χ1n) is 9.15. The number of carbonyl (C=O) groups excluding carboxylic acids is 3. The first-order valence-corrected chi connectivity index (χ1v) is 11.1. The highest BCUT2D eigenvalue weighted by atomic mass is 79.9. The van der Waals surface area contributed by atoms with Crippen LogP contribution in [0.2, 0.25) is 0 Å². The van der Waals surface area contributed by atoms with Gasteiger partial charge in [-0.2, -0.15) is 0 Å². The maximum Gasteiger partial charge on any atom is 0.253 e. The van der Waals surface area contributed by atoms with E-state index in [4.69, 9.17) is 4.74 Å². The first kappa shape index (κ1) is 21.4. The summed E-state index contributed by atoms with van der Waals surface area (Å²) in [7, 11) is 2.14. The van der Waals surface area contributed by atoms with E-state index < -0.39 is 28.1 Å². The summed E-state index contributed by atoms with van der Waals surface area (Å²) in [6.07, 6.45) is 3.74. The summed E-state index contributed by atoms with van der Waals surface area (Å²) in [5.41, 5.74) is 0.472. The van der Waals surface area contributed by atoms with Gasteiger partial charge in [-0.05, 0) is 18.6 Å². The van der Waals surface area contributed by atoms with Crippen molar-refractivity contribution in [3.63, 3.8) is 0 Å². The molecule has 0 aromatic heterocycles. The molecule has 1 N–H and O–H groups in total. The number of carboxylic acid groups (broad SMARTS) is 1. The van der Waals surface area contributed by atoms with E-state index >= 15 is 0 Å². The van der Waals surface area contributed by atoms with Gasteiger partial charge in [0.15, 0.2) is 0 Å². The zero-order valence-corrected chi connectivity index (χ0v) is 18.3. The van der Waals surface area contributed by atoms with E-state index in [-0.39, 0.29) is 11.6 Å². The van der Waals surface area contributed by atoms with Crippen LogP contribution < -0.4 is 10.4 Å². The number of thioether (sulfide) groups is 1. The number of halogens is 1. The molecule has 2 saturated heterocycles. The summed E-state index contributed by atoms with van der Waals surface area (Å²) in [5.74, 6) is -1.65. The number of nitrogens with one attached hydrogen (secondary N) is 1. The quantitative estimate of drug-likeness (QED) is 0.308. The van der Waals surface area contributed by atoms with Crippen LogP contribution in [0.5, 0.6) is 0 Å². The van der Waals surface area contributed by atoms with Crippen molar-refractivity contribution >= 4 is 45.5 Å². The molecule has 2 unspecified atom stereocenters. The Morgan fingerprint density at radius 3 is 2.75 bits per heavy atom. The fraction of sp³-hybridized carbons (Fsp3) is 0.611. The summed E-state index contributed by atoms with van der Waals surface area (Å²) in [4.78, 5) is 36.9. The number of rotatable bonds is 6. The van der Waals surface area contributed by atoms with Gasteiger partial charge in [0.2, 0.25) is 5.91 Å². The fourth-order valence-corrected chi connectivity index (χ4v) is 4.89. The molecule has 3 aliphatic rings. The zero-order chi connectivity index (χ0) is 20.5. The number of β-lactam (4-membered cyclic amide) rings is 1. The Morgan fingerprint density at radius 2 is 2.14 bits per heavy atom. The monoisotopic (exact) mass is 473 g/mol. The third-order valence-corrected chi connectivity index (χ3v) is 6.98. The van der Waals surface area contributed by atoms with Gasteiger partial charge >= 0.3 is 0 Å². The third kappa shape index (κ3) is 4.29. The fourth-order valence-electron chi connectivity index (χ4n) is 3.44. The van der Waals surface area contributed by atoms with Gasteiger partial charge in [-0.3, -0.25) is 14.5 Å². The van der Waals surface area contributed by atoms with Crippen LogP contribution in [0, 0.1) is 0 Å². The molecule has 0 bridgehead atoms. The molecule has 2 amide bonds. The molecule has 3 aliphatic heterocycles. The molecule has 0 spiro atoms. The molecular weight excluding hydrogens is 450 g/mol. The lowest BCUT2D eigenvalue weighted by Gasteiger charge is -2.50. The van der Waals surface area contributed by atoms with Gasteiger partial charge in [-0.15, -0.1) is 11.8 Å². The Bertz CT molecular complexity index is 733. The second-order valence-corrected chi connectivity index (χ2v) is 9.92. The van der Waals surface area contributed by atoms with Crippen LogP contribution in [-0.2, 0) is 19.1 Å². The molecule has 0 saturated carbocycles. The molecule has 8 nitrogen and oxygen atoms in total. The van der Waals surface area contributed by atoms with Crippen molar-refractivity contribution in [1.82, 2.24) is 10.2 Å². The summed E-state index contributed by atoms with van der Waals surface area (Å²) in [6.45, 7) is 5.68. The highest BCUT2D eigenvalue weighted by molar-refractivity contribution is 9.10. The van der Waals surface area contributed by atoms with Crippen molar-refractivity contribution in [1.29, 1.82) is 0 Å². The van der Waals surface area contributed by atoms with E-state index in [9.17, 15) is 19.5 Å². The number of carboxylic acids is 1. The predicted octanol–water partition coefficient (Wildman–Crippen LogP) is -0.793. The molecule has 3 atom stereocenters. The smallest absolute Gasteiger partial charge is 0.253 e. The lowest BCUT2D eigenvalue weighted by atomic mass is 10.0. The van der Waals surface area contributed by atoms with Gasteiger partial charge in [0.25, 0.3) is 5.91 Å². The highest BCUT2D eigenvalue weighted by Gasteiger charge is 2.52. The minimum Gasteiger partial charge on any atom is -0.543 e. The van der Waals surface area contributed by atoms with E-state index in [1.54, 1.807) is 13.0 Å². The van der Waals surface area contributed by atoms with Crippen molar-refractivity contribution in [2.45, 2.75) is 23.2 Å². The van der Waals surface area contributed by atoms with Crippen LogP contribution in [0.3, 0.4) is 0 Å². The van der Waals surface area contributed by atoms with E-state index in [0.29, 0.717) is 11.3 Å². The van der Waals surface area contributed by atoms with Gasteiger partial charge in [-0.1, -0.05) is 22.0 Å². The Kier molecular flexibility index (Phi) is 6.53. The van der Waals surface area contributed by atoms with Crippen LogP contribution in [0.15, 0.2) is 23.4 Å². The zero-order valence-electron chi connectivity index (χ0n) is 15.9. The molecule has 28 heavy (non-hydrogen) atoms. The Balaban J connectivity index is 1.72. The normalized spacial score (nSPS) is 28.0. The summed E-state index contributed by atoms with van der Waals surface area (Å²) < 4.78 is 6.23. The third-order valence-electron chi connectivity index (χ3n) is 5.27. The number of morpholine rings is 1. The molecular formula is C18H24BrN3O5S. The number of nitrogens with zero attached hydrogens (tertiary/aromatic N) is 2. The van der Waals surface area contributed by atoms with Crippen LogP contribution in [0.4, 0.5) is 0 Å². The number of allylic oxidation sites excluding steroid dienone is 1. The summed E-state index contributed by atoms with van der Waals surface area (Å²) >= 11 is 4.61. The number of amides is 2. The maximum absolute atomic E-state index is 12.5. The van der Waals surface area contributed by atoms with E-state index in [2.05, 4.69) is 28.3 Å². The average Bonchev–Trinajstić information content (AvgIpc) is 2.65. The molecule has 10 heteroatoms. The predicted molar refractivity (Wildman–Crippen MR) is 106 cm³/mol. The SMILES string of the molecule is C[C@@H](Br)C(=O)NC1C(=O)N2C(C(=O)[O-])=C(C=CC[N+]3(C)CCOCC3)CSC12. The summed E-state index contributed by atoms with van der Waals surface area (Å²) in [5, 5.41) is 14.0. The van der Waals surface area contributed by atoms with Crippen molar-refractivity contribution in [3.05, 3.63) is 23.4 Å². The molecule has 0 aliphatic carbocycles. The van der Waals surface area contributed by atoms with Gasteiger partial charge < -0.3 is 24.4 Å². The van der Waals surface area contributed by atoms with Gasteiger partial charge in [0, 0.05) is 5.75 Å². The second kappa shape index (κ2) is 8.56. The minimum absolute atomic E-state index is 0.0907. The van der Waals surface area contributed by atoms with Crippen molar-refractivity contribution in [3.8, 4) is 0 Å². The Hall–Kier alpha value is -1.36. The van der Waals surface area contributed by atoms with Crippen LogP contribution in [0.25, 0.3) is 0 Å². The standard InChI is InChI=1S/C18H24BrN3O5S/c1-11(19)15(23)20-13-16(24)21-14(18(25)26)12(10-28-17(13)21)4-3-5-22(2)6-8-27-9-7-22/h3-4,11,13,17H,5-10H2,1-2H3,(H-,20,23,25,26)/t11-,13?,17?/m1/s1. The Labute approximate surface area is 176 Å². The largest absolute Gasteiger partial charge is 0.543 e. The molecule has 0 aromatic rings. The second-order valence-electron chi connectivity index (χ2n) is 7.44. The van der Waals surface area contributed by atoms with Gasteiger partial charge in [-0.25, -0.2) is 0 Å².